The number of hydrogen-bond acceptors (Lipinski definition) is 6. The fraction of sp³-hybridized carbons (Fsp3) is 0.355. The molecule has 0 saturated carbocycles. The van der Waals surface area contributed by atoms with Crippen LogP contribution in [0.4, 0.5) is 10.8 Å². The number of anilines is 2. The summed E-state index contributed by atoms with van der Waals surface area (Å²) in [5, 5.41) is 5.71. The molecule has 5 heterocycles. The molecule has 2 fully saturated rings. The Morgan fingerprint density at radius 2 is 1.77 bits per heavy atom. The fourth-order valence-electron chi connectivity index (χ4n) is 5.95. The van der Waals surface area contributed by atoms with Crippen LogP contribution in [0.3, 0.4) is 0 Å². The van der Waals surface area contributed by atoms with Gasteiger partial charge in [-0.2, -0.15) is 0 Å². The highest BCUT2D eigenvalue weighted by Crippen LogP contribution is 2.38. The monoisotopic (exact) mass is 554 g/mol. The van der Waals surface area contributed by atoms with Crippen LogP contribution in [0.2, 0.25) is 0 Å². The van der Waals surface area contributed by atoms with Crippen molar-refractivity contribution in [3.63, 3.8) is 0 Å². The van der Waals surface area contributed by atoms with E-state index >= 15 is 0 Å². The molecule has 6 rings (SSSR count). The third-order valence-electron chi connectivity index (χ3n) is 8.14. The zero-order valence-electron chi connectivity index (χ0n) is 22.7. The van der Waals surface area contributed by atoms with Gasteiger partial charge in [-0.05, 0) is 79.1 Å². The molecular formula is C31H34N6O2S. The molecule has 3 aromatic heterocycles. The Bertz CT molecular complexity index is 1460. The fourth-order valence-corrected chi connectivity index (χ4v) is 6.70. The van der Waals surface area contributed by atoms with Gasteiger partial charge in [-0.15, -0.1) is 11.3 Å². The molecule has 1 aromatic carbocycles. The summed E-state index contributed by atoms with van der Waals surface area (Å²) in [6.45, 7) is 4.94. The Morgan fingerprint density at radius 3 is 2.52 bits per heavy atom. The lowest BCUT2D eigenvalue weighted by Gasteiger charge is -2.32. The van der Waals surface area contributed by atoms with Crippen LogP contribution in [-0.2, 0) is 11.3 Å². The smallest absolute Gasteiger partial charge is 0.274 e. The molecular weight excluding hydrogens is 520 g/mol. The Morgan fingerprint density at radius 1 is 1.00 bits per heavy atom. The molecule has 40 heavy (non-hydrogen) atoms. The van der Waals surface area contributed by atoms with Crippen molar-refractivity contribution in [2.75, 3.05) is 29.9 Å². The summed E-state index contributed by atoms with van der Waals surface area (Å²) < 4.78 is 1.94. The SMILES string of the molecule is CC(=O)N1CCC(c2ccc(N3CCCC3c3csc(NC(=O)c4cccn4Cc4ccncc4)n3)cc2)CC1. The molecule has 2 amide bonds. The van der Waals surface area contributed by atoms with Gasteiger partial charge in [0.05, 0.1) is 11.7 Å². The van der Waals surface area contributed by atoms with Crippen LogP contribution in [-0.4, -0.2) is 50.9 Å². The molecule has 0 spiro atoms. The predicted octanol–water partition coefficient (Wildman–Crippen LogP) is 5.71. The van der Waals surface area contributed by atoms with Gasteiger partial charge in [0.1, 0.15) is 5.69 Å². The second kappa shape index (κ2) is 11.6. The molecule has 0 bridgehead atoms. The molecule has 206 valence electrons. The maximum absolute atomic E-state index is 13.1. The van der Waals surface area contributed by atoms with E-state index in [0.717, 1.165) is 56.6 Å². The molecule has 2 aliphatic rings. The Balaban J connectivity index is 1.10. The summed E-state index contributed by atoms with van der Waals surface area (Å²) in [6, 6.07) is 16.8. The number of pyridine rings is 1. The first kappa shape index (κ1) is 26.3. The van der Waals surface area contributed by atoms with Gasteiger partial charge >= 0.3 is 0 Å². The zero-order chi connectivity index (χ0) is 27.5. The molecule has 9 heteroatoms. The first-order valence-electron chi connectivity index (χ1n) is 14.0. The number of rotatable bonds is 7. The maximum atomic E-state index is 13.1. The summed E-state index contributed by atoms with van der Waals surface area (Å²) in [7, 11) is 0. The minimum absolute atomic E-state index is 0.159. The summed E-state index contributed by atoms with van der Waals surface area (Å²) in [6.07, 6.45) is 9.63. The van der Waals surface area contributed by atoms with E-state index in [-0.39, 0.29) is 17.9 Å². The highest BCUT2D eigenvalue weighted by molar-refractivity contribution is 7.14. The topological polar surface area (TPSA) is 83.4 Å². The highest BCUT2D eigenvalue weighted by Gasteiger charge is 2.29. The second-order valence-corrected chi connectivity index (χ2v) is 11.5. The lowest BCUT2D eigenvalue weighted by atomic mass is 9.89. The van der Waals surface area contributed by atoms with Gasteiger partial charge in [-0.3, -0.25) is 19.9 Å². The predicted molar refractivity (Wildman–Crippen MR) is 158 cm³/mol. The Hall–Kier alpha value is -3.98. The van der Waals surface area contributed by atoms with Crippen LogP contribution in [0.15, 0.2) is 72.5 Å². The molecule has 1 unspecified atom stereocenters. The number of aromatic nitrogens is 3. The standard InChI is InChI=1S/C31H34N6O2S/c1-22(38)35-18-12-25(13-19-35)24-6-8-26(9-7-24)37-17-3-4-28(37)27-21-40-31(33-27)34-30(39)29-5-2-16-36(29)20-23-10-14-32-15-11-23/h2,5-11,14-16,21,25,28H,3-4,12-13,17-20H2,1H3,(H,33,34,39). The number of hydrogen-bond donors (Lipinski definition) is 1. The molecule has 1 N–H and O–H groups in total. The molecule has 0 aliphatic carbocycles. The quantitative estimate of drug-likeness (QED) is 0.317. The number of nitrogens with one attached hydrogen (secondary N) is 1. The normalized spacial score (nSPS) is 17.8. The van der Waals surface area contributed by atoms with Crippen LogP contribution < -0.4 is 10.2 Å². The number of likely N-dealkylation sites (tertiary alicyclic amines) is 1. The summed E-state index contributed by atoms with van der Waals surface area (Å²) in [5.74, 6) is 0.525. The van der Waals surface area contributed by atoms with Crippen LogP contribution in [0, 0.1) is 0 Å². The van der Waals surface area contributed by atoms with E-state index in [0.29, 0.717) is 23.3 Å². The average molecular weight is 555 g/mol. The van der Waals surface area contributed by atoms with Crippen molar-refractivity contribution in [1.29, 1.82) is 0 Å². The number of carbonyl (C=O) groups excluding carboxylic acids is 2. The van der Waals surface area contributed by atoms with Gasteiger partial charge in [-0.1, -0.05) is 12.1 Å². The van der Waals surface area contributed by atoms with Gasteiger partial charge in [0.15, 0.2) is 5.13 Å². The Kier molecular flexibility index (Phi) is 7.64. The molecule has 0 radical (unpaired) electrons. The largest absolute Gasteiger partial charge is 0.363 e. The van der Waals surface area contributed by atoms with E-state index in [1.54, 1.807) is 19.3 Å². The second-order valence-electron chi connectivity index (χ2n) is 10.6. The van der Waals surface area contributed by atoms with Crippen molar-refractivity contribution in [2.24, 2.45) is 0 Å². The first-order chi connectivity index (χ1) is 19.5. The first-order valence-corrected chi connectivity index (χ1v) is 14.9. The van der Waals surface area contributed by atoms with Crippen LogP contribution in [0.1, 0.15) is 71.9 Å². The lowest BCUT2D eigenvalue weighted by Crippen LogP contribution is -2.36. The summed E-state index contributed by atoms with van der Waals surface area (Å²) in [4.78, 5) is 38.1. The van der Waals surface area contributed by atoms with E-state index in [1.165, 1.54) is 22.6 Å². The van der Waals surface area contributed by atoms with Crippen LogP contribution >= 0.6 is 11.3 Å². The molecule has 2 aliphatic heterocycles. The van der Waals surface area contributed by atoms with Crippen molar-refractivity contribution in [2.45, 2.75) is 51.1 Å². The van der Waals surface area contributed by atoms with Crippen LogP contribution in [0.25, 0.3) is 0 Å². The van der Waals surface area contributed by atoms with Gasteiger partial charge in [-0.25, -0.2) is 4.98 Å². The number of nitrogens with zero attached hydrogens (tertiary/aromatic N) is 5. The molecule has 8 nitrogen and oxygen atoms in total. The summed E-state index contributed by atoms with van der Waals surface area (Å²) >= 11 is 1.48. The van der Waals surface area contributed by atoms with Crippen molar-refractivity contribution in [3.8, 4) is 0 Å². The number of thiazole rings is 1. The number of benzene rings is 1. The Labute approximate surface area is 238 Å². The highest BCUT2D eigenvalue weighted by atomic mass is 32.1. The van der Waals surface area contributed by atoms with Crippen molar-refractivity contribution in [1.82, 2.24) is 19.4 Å². The number of carbonyl (C=O) groups is 2. The number of piperidine rings is 1. The summed E-state index contributed by atoms with van der Waals surface area (Å²) in [5.41, 5.74) is 5.26. The molecule has 1 atom stereocenters. The van der Waals surface area contributed by atoms with Gasteiger partial charge in [0, 0.05) is 62.8 Å². The third-order valence-corrected chi connectivity index (χ3v) is 8.91. The van der Waals surface area contributed by atoms with Crippen molar-refractivity contribution < 1.29 is 9.59 Å². The zero-order valence-corrected chi connectivity index (χ0v) is 23.5. The van der Waals surface area contributed by atoms with E-state index in [9.17, 15) is 9.59 Å². The van der Waals surface area contributed by atoms with E-state index in [2.05, 4.69) is 44.8 Å². The average Bonchev–Trinajstić information content (AvgIpc) is 3.75. The van der Waals surface area contributed by atoms with E-state index in [1.807, 2.05) is 39.9 Å². The van der Waals surface area contributed by atoms with Gasteiger partial charge < -0.3 is 14.4 Å². The van der Waals surface area contributed by atoms with E-state index in [4.69, 9.17) is 4.98 Å². The lowest BCUT2D eigenvalue weighted by molar-refractivity contribution is -0.129. The number of amides is 2. The van der Waals surface area contributed by atoms with Crippen LogP contribution in [0.5, 0.6) is 0 Å². The molecule has 2 saturated heterocycles. The third kappa shape index (κ3) is 5.65. The van der Waals surface area contributed by atoms with Crippen molar-refractivity contribution in [3.05, 3.63) is 95.0 Å². The van der Waals surface area contributed by atoms with Gasteiger partial charge in [0.25, 0.3) is 5.91 Å². The minimum atomic E-state index is -0.159. The van der Waals surface area contributed by atoms with Crippen molar-refractivity contribution >= 4 is 34.0 Å². The molecule has 4 aromatic rings. The van der Waals surface area contributed by atoms with Gasteiger partial charge in [0.2, 0.25) is 5.91 Å². The minimum Gasteiger partial charge on any atom is -0.363 e. The maximum Gasteiger partial charge on any atom is 0.274 e. The van der Waals surface area contributed by atoms with E-state index < -0.39 is 0 Å².